The number of rotatable bonds is 14. The second kappa shape index (κ2) is 17.1. The fraction of sp³-hybridized carbons (Fsp3) is 0.405. The predicted octanol–water partition coefficient (Wildman–Crippen LogP) is 7.04. The number of carbonyl (C=O) groups is 1. The average Bonchev–Trinajstić information content (AvgIpc) is 3.16. The molecule has 1 amide bonds. The molecule has 2 saturated heterocycles. The quantitative estimate of drug-likeness (QED) is 0.131. The molecule has 3 aliphatic heterocycles. The monoisotopic (exact) mass is 691 g/mol. The lowest BCUT2D eigenvalue weighted by molar-refractivity contribution is -0.0246. The number of carbonyl (C=O) groups excluding carboxylic acids is 1. The number of ether oxygens (including phenoxy) is 5. The summed E-state index contributed by atoms with van der Waals surface area (Å²) in [6.45, 7) is 7.32. The van der Waals surface area contributed by atoms with Gasteiger partial charge >= 0.3 is 6.09 Å². The molecule has 2 atom stereocenters. The van der Waals surface area contributed by atoms with Crippen molar-refractivity contribution in [2.24, 2.45) is 0 Å². The number of benzene rings is 4. The molecular formula is C42H49N3O6. The summed E-state index contributed by atoms with van der Waals surface area (Å²) in [5, 5.41) is 0. The Bertz CT molecular complexity index is 1680. The number of hydrogen-bond donors (Lipinski definition) is 0. The van der Waals surface area contributed by atoms with Crippen molar-refractivity contribution in [1.82, 2.24) is 4.90 Å². The molecule has 9 heteroatoms. The van der Waals surface area contributed by atoms with Crippen molar-refractivity contribution in [2.45, 2.75) is 50.8 Å². The predicted molar refractivity (Wildman–Crippen MR) is 198 cm³/mol. The Balaban J connectivity index is 0.993. The van der Waals surface area contributed by atoms with Gasteiger partial charge in [0.15, 0.2) is 0 Å². The Kier molecular flexibility index (Phi) is 11.7. The Morgan fingerprint density at radius 1 is 0.784 bits per heavy atom. The number of nitrogens with zero attached hydrogens (tertiary/aromatic N) is 3. The smallest absolute Gasteiger partial charge is 0.410 e. The zero-order chi connectivity index (χ0) is 34.8. The Morgan fingerprint density at radius 3 is 2.29 bits per heavy atom. The highest BCUT2D eigenvalue weighted by atomic mass is 16.6. The normalized spacial score (nSPS) is 18.9. The maximum atomic E-state index is 13.2. The number of hydrogen-bond acceptors (Lipinski definition) is 8. The van der Waals surface area contributed by atoms with Gasteiger partial charge in [-0.25, -0.2) is 4.79 Å². The van der Waals surface area contributed by atoms with Crippen LogP contribution < -0.4 is 14.5 Å². The van der Waals surface area contributed by atoms with Crippen molar-refractivity contribution in [3.63, 3.8) is 0 Å². The molecule has 0 saturated carbocycles. The van der Waals surface area contributed by atoms with Crippen LogP contribution in [0.3, 0.4) is 0 Å². The molecule has 268 valence electrons. The van der Waals surface area contributed by atoms with E-state index < -0.39 is 0 Å². The van der Waals surface area contributed by atoms with E-state index in [0.29, 0.717) is 32.9 Å². The third-order valence-corrected chi connectivity index (χ3v) is 10.1. The second-order valence-electron chi connectivity index (χ2n) is 13.6. The maximum Gasteiger partial charge on any atom is 0.410 e. The fourth-order valence-corrected chi connectivity index (χ4v) is 7.15. The Hall–Kier alpha value is -4.57. The molecule has 0 bridgehead atoms. The lowest BCUT2D eigenvalue weighted by Crippen LogP contribution is -2.52. The maximum absolute atomic E-state index is 13.2. The van der Waals surface area contributed by atoms with Crippen LogP contribution >= 0.6 is 0 Å². The first-order valence-corrected chi connectivity index (χ1v) is 18.2. The molecule has 0 radical (unpaired) electrons. The molecule has 0 aliphatic carbocycles. The van der Waals surface area contributed by atoms with E-state index in [1.807, 2.05) is 42.5 Å². The van der Waals surface area contributed by atoms with Crippen molar-refractivity contribution in [1.29, 1.82) is 0 Å². The van der Waals surface area contributed by atoms with Gasteiger partial charge in [-0.15, -0.1) is 0 Å². The van der Waals surface area contributed by atoms with E-state index >= 15 is 0 Å². The molecule has 0 N–H and O–H groups in total. The molecule has 3 heterocycles. The van der Waals surface area contributed by atoms with Crippen molar-refractivity contribution < 1.29 is 28.5 Å². The highest BCUT2D eigenvalue weighted by Gasteiger charge is 2.34. The number of para-hydroxylation sites is 1. The van der Waals surface area contributed by atoms with Gasteiger partial charge in [-0.3, -0.25) is 0 Å². The molecule has 4 aromatic carbocycles. The summed E-state index contributed by atoms with van der Waals surface area (Å²) in [6, 6.07) is 35.3. The molecule has 9 nitrogen and oxygen atoms in total. The Labute approximate surface area is 301 Å². The van der Waals surface area contributed by atoms with Gasteiger partial charge in [0.2, 0.25) is 0 Å². The van der Waals surface area contributed by atoms with E-state index in [9.17, 15) is 4.79 Å². The number of fused-ring (bicyclic) bond motifs is 1. The van der Waals surface area contributed by atoms with E-state index in [4.69, 9.17) is 23.7 Å². The van der Waals surface area contributed by atoms with Crippen LogP contribution in [-0.2, 0) is 38.8 Å². The molecule has 51 heavy (non-hydrogen) atoms. The van der Waals surface area contributed by atoms with Gasteiger partial charge in [0.05, 0.1) is 44.2 Å². The van der Waals surface area contributed by atoms with Crippen molar-refractivity contribution in [3.8, 4) is 5.75 Å². The molecule has 3 aliphatic rings. The zero-order valence-electron chi connectivity index (χ0n) is 29.5. The summed E-state index contributed by atoms with van der Waals surface area (Å²) in [4.78, 5) is 19.7. The fourth-order valence-electron chi connectivity index (χ4n) is 7.15. The number of likely N-dealkylation sites (tertiary alicyclic amines) is 1. The number of methoxy groups -OCH3 is 1. The number of anilines is 2. The summed E-state index contributed by atoms with van der Waals surface area (Å²) < 4.78 is 29.9. The van der Waals surface area contributed by atoms with Crippen LogP contribution in [0.15, 0.2) is 103 Å². The number of amides is 1. The molecule has 4 aromatic rings. The van der Waals surface area contributed by atoms with Crippen LogP contribution in [0.5, 0.6) is 5.75 Å². The first-order valence-electron chi connectivity index (χ1n) is 18.2. The first-order chi connectivity index (χ1) is 25.1. The van der Waals surface area contributed by atoms with Crippen LogP contribution in [0.1, 0.15) is 41.0 Å². The largest absolute Gasteiger partial charge is 0.490 e. The van der Waals surface area contributed by atoms with Crippen molar-refractivity contribution in [3.05, 3.63) is 125 Å². The summed E-state index contributed by atoms with van der Waals surface area (Å²) in [6.07, 6.45) is 1.46. The van der Waals surface area contributed by atoms with E-state index in [-0.39, 0.29) is 30.8 Å². The minimum atomic E-state index is -0.308. The molecule has 0 spiro atoms. The summed E-state index contributed by atoms with van der Waals surface area (Å²) in [7, 11) is 1.74. The minimum Gasteiger partial charge on any atom is -0.490 e. The van der Waals surface area contributed by atoms with E-state index in [1.165, 1.54) is 11.3 Å². The molecule has 2 fully saturated rings. The second-order valence-corrected chi connectivity index (χ2v) is 13.6. The third kappa shape index (κ3) is 9.03. The van der Waals surface area contributed by atoms with Gasteiger partial charge in [-0.1, -0.05) is 78.9 Å². The lowest BCUT2D eigenvalue weighted by atomic mass is 9.86. The summed E-state index contributed by atoms with van der Waals surface area (Å²) in [5.41, 5.74) is 6.75. The van der Waals surface area contributed by atoms with Gasteiger partial charge in [0.25, 0.3) is 0 Å². The van der Waals surface area contributed by atoms with Gasteiger partial charge < -0.3 is 38.4 Å². The van der Waals surface area contributed by atoms with Crippen molar-refractivity contribution in [2.75, 3.05) is 69.4 Å². The first kappa shape index (κ1) is 34.9. The summed E-state index contributed by atoms with van der Waals surface area (Å²) in [5.74, 6) is 1.04. The highest BCUT2D eigenvalue weighted by Crippen LogP contribution is 2.35. The van der Waals surface area contributed by atoms with E-state index in [2.05, 4.69) is 70.5 Å². The van der Waals surface area contributed by atoms with Gasteiger partial charge in [-0.2, -0.15) is 0 Å². The third-order valence-electron chi connectivity index (χ3n) is 10.1. The summed E-state index contributed by atoms with van der Waals surface area (Å²) >= 11 is 0. The van der Waals surface area contributed by atoms with Gasteiger partial charge in [-0.05, 0) is 59.4 Å². The van der Waals surface area contributed by atoms with E-state index in [0.717, 1.165) is 73.8 Å². The topological polar surface area (TPSA) is 72.9 Å². The minimum absolute atomic E-state index is 0.135. The van der Waals surface area contributed by atoms with Crippen LogP contribution in [0.2, 0.25) is 0 Å². The molecular weight excluding hydrogens is 642 g/mol. The zero-order valence-corrected chi connectivity index (χ0v) is 29.5. The lowest BCUT2D eigenvalue weighted by Gasteiger charge is -2.40. The van der Waals surface area contributed by atoms with Crippen molar-refractivity contribution >= 4 is 17.5 Å². The standard InChI is InChI=1S/C42H49N3O6/c1-47-23-8-20-43-22-24-48-40-18-15-34(25-39(40)43)31-50-41-28-44(42(46)51-30-32-9-4-2-5-10-32)21-19-38(41)35-16-13-33(14-17-35)29-49-37-26-45(27-37)36-11-6-3-7-12-36/h2-7,9-18,25,37-38,41H,8,19-24,26-31H2,1H3. The van der Waals surface area contributed by atoms with Crippen LogP contribution in [0.25, 0.3) is 0 Å². The molecule has 7 rings (SSSR count). The highest BCUT2D eigenvalue weighted by molar-refractivity contribution is 5.68. The molecule has 2 unspecified atom stereocenters. The van der Waals surface area contributed by atoms with Crippen LogP contribution in [-0.4, -0.2) is 82.8 Å². The average molecular weight is 692 g/mol. The molecule has 0 aromatic heterocycles. The van der Waals surface area contributed by atoms with E-state index in [1.54, 1.807) is 12.0 Å². The number of piperidine rings is 1. The SMILES string of the molecule is COCCCN1CCOc2ccc(COC3CN(C(=O)OCc4ccccc4)CCC3c3ccc(COC4CN(c5ccccc5)C4)cc3)cc21. The van der Waals surface area contributed by atoms with Crippen LogP contribution in [0, 0.1) is 0 Å². The van der Waals surface area contributed by atoms with Gasteiger partial charge in [0, 0.05) is 51.5 Å². The Morgan fingerprint density at radius 2 is 1.51 bits per heavy atom. The van der Waals surface area contributed by atoms with Crippen LogP contribution in [0.4, 0.5) is 16.2 Å². The van der Waals surface area contributed by atoms with Gasteiger partial charge in [0.1, 0.15) is 19.0 Å².